The van der Waals surface area contributed by atoms with Crippen LogP contribution in [0.4, 0.5) is 0 Å². The molecular weight excluding hydrogens is 274 g/mol. The maximum atomic E-state index is 10.8. The Bertz CT molecular complexity index is 652. The van der Waals surface area contributed by atoms with Crippen LogP contribution in [0.5, 0.6) is 11.5 Å². The van der Waals surface area contributed by atoms with Crippen LogP contribution in [0.3, 0.4) is 0 Å². The van der Waals surface area contributed by atoms with Crippen molar-refractivity contribution in [1.29, 1.82) is 0 Å². The second-order valence-electron chi connectivity index (χ2n) is 3.83. The van der Waals surface area contributed by atoms with Crippen LogP contribution < -0.4 is 9.47 Å². The minimum absolute atomic E-state index is 0.171. The van der Waals surface area contributed by atoms with Crippen molar-refractivity contribution in [3.8, 4) is 22.8 Å². The number of aromatic carboxylic acids is 1. The standard InChI is InChI=1S/C12H8ClNO5/c13-7-2-1-6(10-11(7)18-4-3-17-10)9-5-8(12(15)16)14-19-9/h1-2,5H,3-4H2,(H,15,16). The second-order valence-corrected chi connectivity index (χ2v) is 4.24. The van der Waals surface area contributed by atoms with E-state index in [0.29, 0.717) is 35.3 Å². The summed E-state index contributed by atoms with van der Waals surface area (Å²) in [6, 6.07) is 4.62. The fraction of sp³-hybridized carbons (Fsp3) is 0.167. The van der Waals surface area contributed by atoms with E-state index in [1.807, 2.05) is 0 Å². The van der Waals surface area contributed by atoms with Gasteiger partial charge in [-0.3, -0.25) is 0 Å². The molecule has 0 atom stereocenters. The van der Waals surface area contributed by atoms with Crippen molar-refractivity contribution in [2.45, 2.75) is 0 Å². The normalized spacial score (nSPS) is 13.3. The van der Waals surface area contributed by atoms with Gasteiger partial charge in [0, 0.05) is 6.07 Å². The Morgan fingerprint density at radius 3 is 2.68 bits per heavy atom. The molecule has 0 fully saturated rings. The number of fused-ring (bicyclic) bond motifs is 1. The van der Waals surface area contributed by atoms with E-state index in [0.717, 1.165) is 0 Å². The Balaban J connectivity index is 2.11. The summed E-state index contributed by atoms with van der Waals surface area (Å²) in [7, 11) is 0. The van der Waals surface area contributed by atoms with E-state index in [4.69, 9.17) is 30.7 Å². The first-order valence-corrected chi connectivity index (χ1v) is 5.83. The van der Waals surface area contributed by atoms with Crippen LogP contribution in [0.2, 0.25) is 5.02 Å². The molecule has 19 heavy (non-hydrogen) atoms. The molecule has 2 heterocycles. The number of halogens is 1. The molecule has 1 aromatic heterocycles. The largest absolute Gasteiger partial charge is 0.485 e. The van der Waals surface area contributed by atoms with Gasteiger partial charge in [-0.25, -0.2) is 4.79 Å². The van der Waals surface area contributed by atoms with Crippen LogP contribution in [0.1, 0.15) is 10.5 Å². The summed E-state index contributed by atoms with van der Waals surface area (Å²) in [5.74, 6) is -0.00338. The molecule has 2 aromatic rings. The molecule has 3 rings (SSSR count). The molecule has 0 amide bonds. The van der Waals surface area contributed by atoms with E-state index >= 15 is 0 Å². The molecule has 98 valence electrons. The first-order valence-electron chi connectivity index (χ1n) is 5.45. The van der Waals surface area contributed by atoms with Crippen molar-refractivity contribution in [1.82, 2.24) is 5.16 Å². The Morgan fingerprint density at radius 1 is 1.26 bits per heavy atom. The highest BCUT2D eigenvalue weighted by atomic mass is 35.5. The lowest BCUT2D eigenvalue weighted by Crippen LogP contribution is -2.16. The lowest BCUT2D eigenvalue weighted by Gasteiger charge is -2.21. The van der Waals surface area contributed by atoms with Gasteiger partial charge in [0.2, 0.25) is 0 Å². The molecule has 1 aliphatic heterocycles. The van der Waals surface area contributed by atoms with Crippen LogP contribution in [0, 0.1) is 0 Å². The van der Waals surface area contributed by atoms with Gasteiger partial charge < -0.3 is 19.1 Å². The van der Waals surface area contributed by atoms with Gasteiger partial charge >= 0.3 is 5.97 Å². The number of aromatic nitrogens is 1. The van der Waals surface area contributed by atoms with Gasteiger partial charge in [-0.15, -0.1) is 0 Å². The second kappa shape index (κ2) is 4.47. The number of benzene rings is 1. The van der Waals surface area contributed by atoms with Gasteiger partial charge in [0.25, 0.3) is 0 Å². The average Bonchev–Trinajstić information content (AvgIpc) is 2.89. The third-order valence-electron chi connectivity index (χ3n) is 2.63. The van der Waals surface area contributed by atoms with E-state index in [1.54, 1.807) is 12.1 Å². The van der Waals surface area contributed by atoms with Crippen molar-refractivity contribution in [3.05, 3.63) is 28.9 Å². The Morgan fingerprint density at radius 2 is 2.00 bits per heavy atom. The molecule has 6 nitrogen and oxygen atoms in total. The van der Waals surface area contributed by atoms with Crippen molar-refractivity contribution in [2.24, 2.45) is 0 Å². The minimum Gasteiger partial charge on any atom is -0.485 e. The van der Waals surface area contributed by atoms with Crippen LogP contribution in [0.25, 0.3) is 11.3 Å². The van der Waals surface area contributed by atoms with Gasteiger partial charge in [0.05, 0.1) is 10.6 Å². The summed E-state index contributed by atoms with van der Waals surface area (Å²) in [6.07, 6.45) is 0. The zero-order valence-corrected chi connectivity index (χ0v) is 10.3. The number of carbonyl (C=O) groups is 1. The van der Waals surface area contributed by atoms with Gasteiger partial charge in [-0.1, -0.05) is 16.8 Å². The van der Waals surface area contributed by atoms with Crippen LogP contribution in [-0.2, 0) is 0 Å². The number of rotatable bonds is 2. The molecule has 0 spiro atoms. The van der Waals surface area contributed by atoms with E-state index in [-0.39, 0.29) is 11.5 Å². The van der Waals surface area contributed by atoms with Gasteiger partial charge in [0.15, 0.2) is 23.0 Å². The molecule has 0 radical (unpaired) electrons. The lowest BCUT2D eigenvalue weighted by molar-refractivity contribution is 0.0686. The highest BCUT2D eigenvalue weighted by Gasteiger charge is 2.23. The third kappa shape index (κ3) is 2.00. The molecule has 1 aromatic carbocycles. The summed E-state index contributed by atoms with van der Waals surface area (Å²) in [6.45, 7) is 0.799. The van der Waals surface area contributed by atoms with Gasteiger partial charge in [-0.2, -0.15) is 0 Å². The molecule has 0 saturated carbocycles. The van der Waals surface area contributed by atoms with Crippen molar-refractivity contribution in [2.75, 3.05) is 13.2 Å². The van der Waals surface area contributed by atoms with Crippen molar-refractivity contribution in [3.63, 3.8) is 0 Å². The van der Waals surface area contributed by atoms with E-state index in [9.17, 15) is 4.79 Å². The van der Waals surface area contributed by atoms with Gasteiger partial charge in [0.1, 0.15) is 13.2 Å². The SMILES string of the molecule is O=C(O)c1cc(-c2ccc(Cl)c3c2OCCO3)on1. The molecule has 0 bridgehead atoms. The fourth-order valence-corrected chi connectivity index (χ4v) is 2.00. The van der Waals surface area contributed by atoms with E-state index in [1.165, 1.54) is 6.07 Å². The summed E-state index contributed by atoms with van der Waals surface area (Å²) in [5, 5.41) is 12.7. The zero-order chi connectivity index (χ0) is 13.4. The van der Waals surface area contributed by atoms with Crippen LogP contribution in [-0.4, -0.2) is 29.4 Å². The summed E-state index contributed by atoms with van der Waals surface area (Å²) in [5.41, 5.74) is 0.384. The number of ether oxygens (including phenoxy) is 2. The number of hydrogen-bond acceptors (Lipinski definition) is 5. The zero-order valence-electron chi connectivity index (χ0n) is 9.55. The van der Waals surface area contributed by atoms with E-state index < -0.39 is 5.97 Å². The van der Waals surface area contributed by atoms with Crippen molar-refractivity contribution < 1.29 is 23.9 Å². The lowest BCUT2D eigenvalue weighted by atomic mass is 10.1. The first kappa shape index (κ1) is 11.9. The third-order valence-corrected chi connectivity index (χ3v) is 2.93. The fourth-order valence-electron chi connectivity index (χ4n) is 1.80. The number of nitrogens with zero attached hydrogens (tertiary/aromatic N) is 1. The maximum absolute atomic E-state index is 10.8. The molecular formula is C12H8ClNO5. The predicted molar refractivity (Wildman–Crippen MR) is 64.9 cm³/mol. The predicted octanol–water partition coefficient (Wildman–Crippen LogP) is 2.46. The topological polar surface area (TPSA) is 81.8 Å². The molecule has 7 heteroatoms. The van der Waals surface area contributed by atoms with Gasteiger partial charge in [-0.05, 0) is 12.1 Å². The van der Waals surface area contributed by atoms with Crippen LogP contribution >= 0.6 is 11.6 Å². The molecule has 1 aliphatic rings. The van der Waals surface area contributed by atoms with E-state index in [2.05, 4.69) is 5.16 Å². The number of carboxylic acids is 1. The molecule has 0 unspecified atom stereocenters. The molecule has 0 saturated heterocycles. The summed E-state index contributed by atoms with van der Waals surface area (Å²) >= 11 is 6.01. The minimum atomic E-state index is -1.16. The molecule has 0 aliphatic carbocycles. The highest BCUT2D eigenvalue weighted by molar-refractivity contribution is 6.32. The monoisotopic (exact) mass is 281 g/mol. The number of hydrogen-bond donors (Lipinski definition) is 1. The quantitative estimate of drug-likeness (QED) is 0.910. The first-order chi connectivity index (χ1) is 9.16. The van der Waals surface area contributed by atoms with Crippen LogP contribution in [0.15, 0.2) is 22.7 Å². The Kier molecular flexibility index (Phi) is 2.79. The Hall–Kier alpha value is -2.21. The molecule has 1 N–H and O–H groups in total. The average molecular weight is 282 g/mol. The highest BCUT2D eigenvalue weighted by Crippen LogP contribution is 2.44. The van der Waals surface area contributed by atoms with Crippen molar-refractivity contribution >= 4 is 17.6 Å². The Labute approximate surface area is 112 Å². The maximum Gasteiger partial charge on any atom is 0.358 e. The summed E-state index contributed by atoms with van der Waals surface area (Å²) < 4.78 is 16.0. The summed E-state index contributed by atoms with van der Waals surface area (Å²) in [4.78, 5) is 10.8. The smallest absolute Gasteiger partial charge is 0.358 e. The number of carboxylic acid groups (broad SMARTS) is 1.